The van der Waals surface area contributed by atoms with Crippen LogP contribution in [0.15, 0.2) is 60.8 Å². The molecule has 2 N–H and O–H groups in total. The maximum Gasteiger partial charge on any atom is 0.274 e. The molecule has 1 aromatic heterocycles. The molecule has 0 saturated heterocycles. The molecular formula is C23H23N3O3. The summed E-state index contributed by atoms with van der Waals surface area (Å²) in [5, 5.41) is 6.23. The van der Waals surface area contributed by atoms with Crippen LogP contribution in [0.5, 0.6) is 11.5 Å². The van der Waals surface area contributed by atoms with Gasteiger partial charge >= 0.3 is 0 Å². The molecule has 0 unspecified atom stereocenters. The minimum Gasteiger partial charge on any atom is -0.454 e. The fourth-order valence-corrected chi connectivity index (χ4v) is 3.18. The first-order valence-electron chi connectivity index (χ1n) is 9.44. The van der Waals surface area contributed by atoms with Gasteiger partial charge in [0.2, 0.25) is 6.79 Å². The van der Waals surface area contributed by atoms with Gasteiger partial charge in [-0.05, 0) is 41.3 Å². The molecule has 1 aliphatic heterocycles. The number of carbonyl (C=O) groups is 1. The maximum absolute atomic E-state index is 12.7. The smallest absolute Gasteiger partial charge is 0.274 e. The van der Waals surface area contributed by atoms with E-state index >= 15 is 0 Å². The van der Waals surface area contributed by atoms with Crippen molar-refractivity contribution in [3.8, 4) is 11.5 Å². The average Bonchev–Trinajstić information content (AvgIpc) is 3.16. The third-order valence-corrected chi connectivity index (χ3v) is 4.64. The lowest BCUT2D eigenvalue weighted by molar-refractivity contribution is 0.102. The van der Waals surface area contributed by atoms with Gasteiger partial charge in [0, 0.05) is 17.4 Å². The van der Waals surface area contributed by atoms with Crippen molar-refractivity contribution in [2.24, 2.45) is 0 Å². The number of nitrogens with zero attached hydrogens (tertiary/aromatic N) is 1. The van der Waals surface area contributed by atoms with Crippen LogP contribution in [0, 0.1) is 0 Å². The van der Waals surface area contributed by atoms with E-state index in [9.17, 15) is 4.79 Å². The van der Waals surface area contributed by atoms with E-state index in [1.165, 1.54) is 0 Å². The van der Waals surface area contributed by atoms with E-state index in [2.05, 4.69) is 36.4 Å². The molecule has 6 nitrogen and oxygen atoms in total. The highest BCUT2D eigenvalue weighted by atomic mass is 16.7. The van der Waals surface area contributed by atoms with Gasteiger partial charge in [-0.3, -0.25) is 4.79 Å². The van der Waals surface area contributed by atoms with Crippen LogP contribution in [-0.4, -0.2) is 17.7 Å². The monoisotopic (exact) mass is 389 g/mol. The van der Waals surface area contributed by atoms with E-state index in [4.69, 9.17) is 9.47 Å². The normalized spacial score (nSPS) is 12.5. The van der Waals surface area contributed by atoms with Gasteiger partial charge in [-0.15, -0.1) is 0 Å². The standard InChI is InChI=1S/C23H23N3O3/c1-23(2,3)17-6-4-5-7-18(17)26-22(27)19-10-8-16(13-24-19)25-15-9-11-20-21(12-15)29-14-28-20/h4-13,25H,14H2,1-3H3,(H,26,27). The van der Waals surface area contributed by atoms with E-state index in [1.54, 1.807) is 12.3 Å². The maximum atomic E-state index is 12.7. The number of aromatic nitrogens is 1. The minimum absolute atomic E-state index is 0.0737. The average molecular weight is 389 g/mol. The van der Waals surface area contributed by atoms with Crippen molar-refractivity contribution < 1.29 is 14.3 Å². The van der Waals surface area contributed by atoms with Gasteiger partial charge in [0.25, 0.3) is 5.91 Å². The van der Waals surface area contributed by atoms with Crippen LogP contribution in [0.3, 0.4) is 0 Å². The first-order valence-corrected chi connectivity index (χ1v) is 9.44. The van der Waals surface area contributed by atoms with Crippen molar-refractivity contribution in [2.75, 3.05) is 17.4 Å². The molecule has 0 spiro atoms. The predicted molar refractivity (Wildman–Crippen MR) is 113 cm³/mol. The van der Waals surface area contributed by atoms with Crippen LogP contribution in [-0.2, 0) is 5.41 Å². The molecule has 0 atom stereocenters. The molecule has 1 amide bonds. The minimum atomic E-state index is -0.240. The van der Waals surface area contributed by atoms with Gasteiger partial charge in [0.15, 0.2) is 11.5 Å². The summed E-state index contributed by atoms with van der Waals surface area (Å²) in [5.74, 6) is 1.20. The molecule has 2 heterocycles. The van der Waals surface area contributed by atoms with Gasteiger partial charge in [-0.25, -0.2) is 4.98 Å². The van der Waals surface area contributed by atoms with Crippen LogP contribution in [0.2, 0.25) is 0 Å². The number of hydrogen-bond donors (Lipinski definition) is 2. The number of nitrogens with one attached hydrogen (secondary N) is 2. The Bertz CT molecular complexity index is 1040. The SMILES string of the molecule is CC(C)(C)c1ccccc1NC(=O)c1ccc(Nc2ccc3c(c2)OCO3)cn1. The highest BCUT2D eigenvalue weighted by molar-refractivity contribution is 6.03. The van der Waals surface area contributed by atoms with Crippen LogP contribution in [0.25, 0.3) is 0 Å². The molecule has 148 valence electrons. The first-order chi connectivity index (χ1) is 13.9. The van der Waals surface area contributed by atoms with Crippen LogP contribution >= 0.6 is 0 Å². The van der Waals surface area contributed by atoms with E-state index < -0.39 is 0 Å². The zero-order valence-electron chi connectivity index (χ0n) is 16.7. The largest absolute Gasteiger partial charge is 0.454 e. The van der Waals surface area contributed by atoms with Crippen molar-refractivity contribution >= 4 is 23.0 Å². The van der Waals surface area contributed by atoms with E-state index in [-0.39, 0.29) is 18.1 Å². The van der Waals surface area contributed by atoms with Crippen molar-refractivity contribution in [2.45, 2.75) is 26.2 Å². The quantitative estimate of drug-likeness (QED) is 0.649. The lowest BCUT2D eigenvalue weighted by Gasteiger charge is -2.22. The highest BCUT2D eigenvalue weighted by Crippen LogP contribution is 2.35. The number of anilines is 3. The molecule has 0 fully saturated rings. The number of hydrogen-bond acceptors (Lipinski definition) is 5. The molecule has 29 heavy (non-hydrogen) atoms. The number of para-hydroxylation sites is 1. The second kappa shape index (κ2) is 7.47. The third-order valence-electron chi connectivity index (χ3n) is 4.64. The van der Waals surface area contributed by atoms with Crippen LogP contribution < -0.4 is 20.1 Å². The summed E-state index contributed by atoms with van der Waals surface area (Å²) in [6.07, 6.45) is 1.63. The Hall–Kier alpha value is -3.54. The van der Waals surface area contributed by atoms with Crippen molar-refractivity contribution in [3.05, 3.63) is 72.1 Å². The predicted octanol–water partition coefficient (Wildman–Crippen LogP) is 5.10. The topological polar surface area (TPSA) is 72.5 Å². The van der Waals surface area contributed by atoms with Crippen molar-refractivity contribution in [1.29, 1.82) is 0 Å². The van der Waals surface area contributed by atoms with E-state index in [0.717, 1.165) is 28.4 Å². The summed E-state index contributed by atoms with van der Waals surface area (Å²) in [6, 6.07) is 17.0. The molecule has 3 aromatic rings. The van der Waals surface area contributed by atoms with Gasteiger partial charge in [0.1, 0.15) is 5.69 Å². The molecule has 0 aliphatic carbocycles. The molecule has 0 bridgehead atoms. The zero-order chi connectivity index (χ0) is 20.4. The lowest BCUT2D eigenvalue weighted by Crippen LogP contribution is -2.19. The number of ether oxygens (including phenoxy) is 2. The van der Waals surface area contributed by atoms with E-state index in [1.807, 2.05) is 48.5 Å². The molecule has 2 aromatic carbocycles. The summed E-state index contributed by atoms with van der Waals surface area (Å²) >= 11 is 0. The van der Waals surface area contributed by atoms with Gasteiger partial charge in [-0.1, -0.05) is 39.0 Å². The van der Waals surface area contributed by atoms with Gasteiger partial charge < -0.3 is 20.1 Å². The molecule has 0 radical (unpaired) electrons. The second-order valence-corrected chi connectivity index (χ2v) is 7.87. The Morgan fingerprint density at radius 1 is 0.966 bits per heavy atom. The molecule has 1 aliphatic rings. The number of benzene rings is 2. The summed E-state index contributed by atoms with van der Waals surface area (Å²) in [5.41, 5.74) is 3.78. The fourth-order valence-electron chi connectivity index (χ4n) is 3.18. The molecule has 0 saturated carbocycles. The Balaban J connectivity index is 1.46. The summed E-state index contributed by atoms with van der Waals surface area (Å²) in [6.45, 7) is 6.59. The van der Waals surface area contributed by atoms with Gasteiger partial charge in [0.05, 0.1) is 11.9 Å². The molecule has 4 rings (SSSR count). The lowest BCUT2D eigenvalue weighted by atomic mass is 9.86. The third kappa shape index (κ3) is 4.16. The number of fused-ring (bicyclic) bond motifs is 1. The second-order valence-electron chi connectivity index (χ2n) is 7.87. The Morgan fingerprint density at radius 3 is 2.48 bits per heavy atom. The zero-order valence-corrected chi connectivity index (χ0v) is 16.7. The Morgan fingerprint density at radius 2 is 1.72 bits per heavy atom. The van der Waals surface area contributed by atoms with Crippen molar-refractivity contribution in [3.63, 3.8) is 0 Å². The molecular weight excluding hydrogens is 366 g/mol. The van der Waals surface area contributed by atoms with Crippen LogP contribution in [0.4, 0.5) is 17.1 Å². The number of rotatable bonds is 4. The van der Waals surface area contributed by atoms with Crippen molar-refractivity contribution in [1.82, 2.24) is 4.98 Å². The summed E-state index contributed by atoms with van der Waals surface area (Å²) < 4.78 is 10.7. The molecule has 6 heteroatoms. The Labute approximate surface area is 169 Å². The van der Waals surface area contributed by atoms with Gasteiger partial charge in [-0.2, -0.15) is 0 Å². The number of amides is 1. The summed E-state index contributed by atoms with van der Waals surface area (Å²) in [7, 11) is 0. The number of carbonyl (C=O) groups excluding carboxylic acids is 1. The van der Waals surface area contributed by atoms with E-state index in [0.29, 0.717) is 11.4 Å². The summed E-state index contributed by atoms with van der Waals surface area (Å²) in [4.78, 5) is 17.0. The van der Waals surface area contributed by atoms with Crippen LogP contribution in [0.1, 0.15) is 36.8 Å². The number of pyridine rings is 1. The fraction of sp³-hybridized carbons (Fsp3) is 0.217. The highest BCUT2D eigenvalue weighted by Gasteiger charge is 2.19. The first kappa shape index (κ1) is 18.8. The Kier molecular flexibility index (Phi) is 4.84.